The summed E-state index contributed by atoms with van der Waals surface area (Å²) < 4.78 is 39.7. The molecule has 0 saturated heterocycles. The van der Waals surface area contributed by atoms with Crippen molar-refractivity contribution in [3.63, 3.8) is 0 Å². The van der Waals surface area contributed by atoms with Crippen molar-refractivity contribution in [1.82, 2.24) is 0 Å². The summed E-state index contributed by atoms with van der Waals surface area (Å²) in [4.78, 5) is 12.3. The van der Waals surface area contributed by atoms with Crippen LogP contribution in [0.2, 0.25) is 0 Å². The van der Waals surface area contributed by atoms with Crippen molar-refractivity contribution in [2.24, 2.45) is 0 Å². The van der Waals surface area contributed by atoms with E-state index in [1.807, 2.05) is 0 Å². The van der Waals surface area contributed by atoms with Crippen LogP contribution in [-0.4, -0.2) is 5.78 Å². The zero-order valence-corrected chi connectivity index (χ0v) is 11.0. The number of benzene rings is 2. The van der Waals surface area contributed by atoms with E-state index in [0.29, 0.717) is 11.6 Å². The molecule has 2 aromatic carbocycles. The van der Waals surface area contributed by atoms with Crippen LogP contribution in [-0.2, 0) is 0 Å². The Kier molecular flexibility index (Phi) is 4.08. The highest BCUT2D eigenvalue weighted by atomic mass is 19.1. The lowest BCUT2D eigenvalue weighted by molar-refractivity contribution is 0.0978. The molecule has 106 valence electrons. The van der Waals surface area contributed by atoms with Gasteiger partial charge in [0.1, 0.15) is 23.4 Å². The zero-order valence-electron chi connectivity index (χ0n) is 11.0. The number of carbonyl (C=O) groups excluding carboxylic acids is 1. The van der Waals surface area contributed by atoms with Gasteiger partial charge < -0.3 is 0 Å². The predicted octanol–water partition coefficient (Wildman–Crippen LogP) is 3.90. The Morgan fingerprint density at radius 2 is 1.57 bits per heavy atom. The van der Waals surface area contributed by atoms with Crippen LogP contribution in [0, 0.1) is 35.7 Å². The summed E-state index contributed by atoms with van der Waals surface area (Å²) in [5.74, 6) is -4.47. The molecule has 0 spiro atoms. The first-order valence-electron chi connectivity index (χ1n) is 6.07. The Balaban J connectivity index is 2.46. The smallest absolute Gasteiger partial charge is 0.184 e. The van der Waals surface area contributed by atoms with Gasteiger partial charge in [0.25, 0.3) is 0 Å². The summed E-state index contributed by atoms with van der Waals surface area (Å²) in [6.45, 7) is 1.60. The highest BCUT2D eigenvalue weighted by Gasteiger charge is 2.23. The third kappa shape index (κ3) is 3.29. The molecule has 1 atom stereocenters. The van der Waals surface area contributed by atoms with E-state index in [-0.39, 0.29) is 11.1 Å². The number of carbonyl (C=O) groups is 1. The van der Waals surface area contributed by atoms with Gasteiger partial charge in [0, 0.05) is 11.6 Å². The summed E-state index contributed by atoms with van der Waals surface area (Å²) in [6.07, 6.45) is 0. The average Bonchev–Trinajstić information content (AvgIpc) is 2.37. The van der Waals surface area contributed by atoms with E-state index in [9.17, 15) is 18.0 Å². The Labute approximate surface area is 119 Å². The number of hydrogen-bond donors (Lipinski definition) is 0. The number of nitrogens with zero attached hydrogens (tertiary/aromatic N) is 1. The fourth-order valence-corrected chi connectivity index (χ4v) is 2.07. The second kappa shape index (κ2) is 5.80. The summed E-state index contributed by atoms with van der Waals surface area (Å²) in [5.41, 5.74) is 0.408. The van der Waals surface area contributed by atoms with Gasteiger partial charge in [-0.2, -0.15) is 5.26 Å². The number of ketones is 1. The molecule has 2 nitrogen and oxygen atoms in total. The average molecular weight is 289 g/mol. The lowest BCUT2D eigenvalue weighted by atomic mass is 9.91. The molecule has 0 heterocycles. The molecule has 0 amide bonds. The van der Waals surface area contributed by atoms with E-state index in [0.717, 1.165) is 18.2 Å². The number of Topliss-reactive ketones (excluding diaryl/α,β-unsaturated/α-hetero) is 1. The van der Waals surface area contributed by atoms with Crippen LogP contribution in [0.4, 0.5) is 13.2 Å². The summed E-state index contributed by atoms with van der Waals surface area (Å²) >= 11 is 0. The minimum atomic E-state index is -1.39. The molecule has 0 aliphatic heterocycles. The van der Waals surface area contributed by atoms with Crippen molar-refractivity contribution in [3.8, 4) is 6.07 Å². The molecular weight excluding hydrogens is 279 g/mol. The standard InChI is InChI=1S/C16H10F3NO/c1-9-2-11(6-12(17)3-9)16(21)15(8-20)10-4-13(18)7-14(19)5-10/h2-7,15H,1H3. The monoisotopic (exact) mass is 289 g/mol. The minimum absolute atomic E-state index is 0.0104. The van der Waals surface area contributed by atoms with Crippen molar-refractivity contribution in [2.75, 3.05) is 0 Å². The largest absolute Gasteiger partial charge is 0.292 e. The van der Waals surface area contributed by atoms with Crippen LogP contribution < -0.4 is 0 Å². The van der Waals surface area contributed by atoms with E-state index in [1.54, 1.807) is 13.0 Å². The molecule has 2 rings (SSSR count). The van der Waals surface area contributed by atoms with Gasteiger partial charge in [-0.25, -0.2) is 13.2 Å². The quantitative estimate of drug-likeness (QED) is 0.804. The van der Waals surface area contributed by atoms with Gasteiger partial charge in [0.05, 0.1) is 6.07 Å². The van der Waals surface area contributed by atoms with Crippen molar-refractivity contribution >= 4 is 5.78 Å². The van der Waals surface area contributed by atoms with Crippen molar-refractivity contribution < 1.29 is 18.0 Å². The normalized spacial score (nSPS) is 11.8. The molecule has 1 unspecified atom stereocenters. The fourth-order valence-electron chi connectivity index (χ4n) is 2.07. The van der Waals surface area contributed by atoms with Gasteiger partial charge in [-0.1, -0.05) is 0 Å². The molecule has 0 bridgehead atoms. The maximum absolute atomic E-state index is 13.3. The van der Waals surface area contributed by atoms with Gasteiger partial charge in [-0.05, 0) is 48.4 Å². The van der Waals surface area contributed by atoms with Crippen LogP contribution in [0.3, 0.4) is 0 Å². The molecule has 21 heavy (non-hydrogen) atoms. The number of rotatable bonds is 3. The lowest BCUT2D eigenvalue weighted by Gasteiger charge is -2.10. The third-order valence-electron chi connectivity index (χ3n) is 2.94. The van der Waals surface area contributed by atoms with E-state index in [1.165, 1.54) is 12.1 Å². The SMILES string of the molecule is Cc1cc(F)cc(C(=O)C(C#N)c2cc(F)cc(F)c2)c1. The van der Waals surface area contributed by atoms with E-state index >= 15 is 0 Å². The van der Waals surface area contributed by atoms with Crippen LogP contribution in [0.25, 0.3) is 0 Å². The van der Waals surface area contributed by atoms with E-state index in [4.69, 9.17) is 5.26 Å². The van der Waals surface area contributed by atoms with E-state index in [2.05, 4.69) is 0 Å². The molecule has 0 aromatic heterocycles. The fraction of sp³-hybridized carbons (Fsp3) is 0.125. The summed E-state index contributed by atoms with van der Waals surface area (Å²) in [7, 11) is 0. The molecule has 0 N–H and O–H groups in total. The first kappa shape index (κ1) is 14.8. The first-order chi connectivity index (χ1) is 9.90. The molecule has 0 aliphatic carbocycles. The Morgan fingerprint density at radius 1 is 1.00 bits per heavy atom. The molecule has 0 radical (unpaired) electrons. The van der Waals surface area contributed by atoms with Gasteiger partial charge in [-0.3, -0.25) is 4.79 Å². The van der Waals surface area contributed by atoms with Gasteiger partial charge in [0.15, 0.2) is 5.78 Å². The Bertz CT molecular complexity index is 709. The minimum Gasteiger partial charge on any atom is -0.292 e. The van der Waals surface area contributed by atoms with Crippen molar-refractivity contribution in [3.05, 3.63) is 70.5 Å². The third-order valence-corrected chi connectivity index (χ3v) is 2.94. The number of aryl methyl sites for hydroxylation is 1. The molecule has 5 heteroatoms. The van der Waals surface area contributed by atoms with Gasteiger partial charge in [0.2, 0.25) is 0 Å². The van der Waals surface area contributed by atoms with E-state index < -0.39 is 29.2 Å². The molecule has 0 saturated carbocycles. The zero-order chi connectivity index (χ0) is 15.6. The van der Waals surface area contributed by atoms with Crippen molar-refractivity contribution in [2.45, 2.75) is 12.8 Å². The topological polar surface area (TPSA) is 40.9 Å². The molecule has 2 aromatic rings. The maximum Gasteiger partial charge on any atom is 0.184 e. The maximum atomic E-state index is 13.3. The predicted molar refractivity (Wildman–Crippen MR) is 70.2 cm³/mol. The van der Waals surface area contributed by atoms with Crippen molar-refractivity contribution in [1.29, 1.82) is 5.26 Å². The molecule has 0 aliphatic rings. The molecule has 0 fully saturated rings. The highest BCUT2D eigenvalue weighted by molar-refractivity contribution is 6.02. The first-order valence-corrected chi connectivity index (χ1v) is 6.07. The Morgan fingerprint density at radius 3 is 2.10 bits per heavy atom. The van der Waals surface area contributed by atoms with Crippen LogP contribution in [0.1, 0.15) is 27.4 Å². The van der Waals surface area contributed by atoms with Crippen LogP contribution >= 0.6 is 0 Å². The van der Waals surface area contributed by atoms with Gasteiger partial charge in [-0.15, -0.1) is 0 Å². The van der Waals surface area contributed by atoms with Crippen LogP contribution in [0.15, 0.2) is 36.4 Å². The number of nitriles is 1. The second-order valence-corrected chi connectivity index (χ2v) is 4.65. The Hall–Kier alpha value is -2.61. The van der Waals surface area contributed by atoms with Gasteiger partial charge >= 0.3 is 0 Å². The molecular formula is C16H10F3NO. The summed E-state index contributed by atoms with van der Waals surface area (Å²) in [6, 6.07) is 7.84. The number of halogens is 3. The van der Waals surface area contributed by atoms with Crippen LogP contribution in [0.5, 0.6) is 0 Å². The number of hydrogen-bond acceptors (Lipinski definition) is 2. The lowest BCUT2D eigenvalue weighted by Crippen LogP contribution is -2.12. The second-order valence-electron chi connectivity index (χ2n) is 4.65. The summed E-state index contributed by atoms with van der Waals surface area (Å²) in [5, 5.41) is 9.12. The highest BCUT2D eigenvalue weighted by Crippen LogP contribution is 2.23.